The van der Waals surface area contributed by atoms with E-state index in [-0.39, 0.29) is 5.56 Å². The van der Waals surface area contributed by atoms with E-state index < -0.39 is 5.97 Å². The zero-order valence-corrected chi connectivity index (χ0v) is 17.0. The van der Waals surface area contributed by atoms with Crippen LogP contribution in [0.2, 0.25) is 0 Å². The third kappa shape index (κ3) is 4.31. The zero-order chi connectivity index (χ0) is 19.5. The Hall–Kier alpha value is -2.12. The minimum absolute atomic E-state index is 0.109. The third-order valence-electron chi connectivity index (χ3n) is 5.48. The van der Waals surface area contributed by atoms with Crippen LogP contribution >= 0.6 is 11.3 Å². The van der Waals surface area contributed by atoms with Gasteiger partial charge in [-0.25, -0.2) is 4.79 Å². The number of hydrogen-bond acceptors (Lipinski definition) is 6. The van der Waals surface area contributed by atoms with Crippen LogP contribution in [0.4, 0.5) is 0 Å². The molecule has 0 N–H and O–H groups in total. The van der Waals surface area contributed by atoms with Crippen molar-refractivity contribution in [2.75, 3.05) is 33.4 Å². The van der Waals surface area contributed by atoms with Gasteiger partial charge in [0, 0.05) is 55.7 Å². The Morgan fingerprint density at radius 2 is 2.14 bits per heavy atom. The maximum Gasteiger partial charge on any atom is 0.343 e. The molecule has 2 aromatic heterocycles. The van der Waals surface area contributed by atoms with Crippen LogP contribution in [0, 0.1) is 5.92 Å². The molecular formula is C21H26N2O4S. The standard InChI is InChI=1S/C21H26N2O4S/c1-26-21(25)20-17-6-8-22(14-15-4-5-15)9-10-23(17)19(24)13-18(20)27-11-7-16-3-2-12-28-16/h2-3,12-13,15H,4-11,14H2,1H3. The molecule has 0 saturated heterocycles. The number of pyridine rings is 1. The molecule has 1 fully saturated rings. The molecule has 4 rings (SSSR count). The molecule has 0 atom stereocenters. The van der Waals surface area contributed by atoms with Gasteiger partial charge < -0.3 is 18.9 Å². The van der Waals surface area contributed by atoms with Gasteiger partial charge in [0.05, 0.1) is 13.7 Å². The molecule has 28 heavy (non-hydrogen) atoms. The van der Waals surface area contributed by atoms with Gasteiger partial charge in [0.25, 0.3) is 5.56 Å². The Morgan fingerprint density at radius 1 is 1.29 bits per heavy atom. The lowest BCUT2D eigenvalue weighted by molar-refractivity contribution is 0.0593. The lowest BCUT2D eigenvalue weighted by atomic mass is 10.1. The molecule has 1 aliphatic carbocycles. The van der Waals surface area contributed by atoms with Gasteiger partial charge in [0.2, 0.25) is 0 Å². The fourth-order valence-corrected chi connectivity index (χ4v) is 4.48. The van der Waals surface area contributed by atoms with Crippen LogP contribution in [0.25, 0.3) is 0 Å². The third-order valence-corrected chi connectivity index (χ3v) is 6.41. The first-order valence-corrected chi connectivity index (χ1v) is 10.8. The summed E-state index contributed by atoms with van der Waals surface area (Å²) in [5.41, 5.74) is 1.03. The quantitative estimate of drug-likeness (QED) is 0.666. The van der Waals surface area contributed by atoms with E-state index in [0.717, 1.165) is 37.7 Å². The Balaban J connectivity index is 1.58. The number of thiophene rings is 1. The summed E-state index contributed by atoms with van der Waals surface area (Å²) >= 11 is 1.67. The molecule has 7 heteroatoms. The second-order valence-electron chi connectivity index (χ2n) is 7.48. The van der Waals surface area contributed by atoms with Crippen molar-refractivity contribution in [3.8, 4) is 5.75 Å². The van der Waals surface area contributed by atoms with Crippen LogP contribution < -0.4 is 10.3 Å². The van der Waals surface area contributed by atoms with Gasteiger partial charge in [-0.05, 0) is 30.2 Å². The number of fused-ring (bicyclic) bond motifs is 1. The summed E-state index contributed by atoms with van der Waals surface area (Å²) in [5.74, 6) is 0.704. The summed E-state index contributed by atoms with van der Waals surface area (Å²) in [6.07, 6.45) is 4.00. The monoisotopic (exact) mass is 402 g/mol. The number of hydrogen-bond donors (Lipinski definition) is 0. The van der Waals surface area contributed by atoms with Crippen molar-refractivity contribution in [1.29, 1.82) is 0 Å². The second kappa shape index (κ2) is 8.49. The van der Waals surface area contributed by atoms with Gasteiger partial charge >= 0.3 is 5.97 Å². The topological polar surface area (TPSA) is 60.8 Å². The van der Waals surface area contributed by atoms with Crippen molar-refractivity contribution in [2.45, 2.75) is 32.2 Å². The first-order valence-electron chi connectivity index (χ1n) is 9.88. The van der Waals surface area contributed by atoms with E-state index in [1.807, 2.05) is 11.4 Å². The normalized spacial score (nSPS) is 17.0. The molecule has 0 unspecified atom stereocenters. The highest BCUT2D eigenvalue weighted by Crippen LogP contribution is 2.30. The minimum atomic E-state index is -0.439. The summed E-state index contributed by atoms with van der Waals surface area (Å²) in [5, 5.41) is 2.03. The van der Waals surface area contributed by atoms with Crippen molar-refractivity contribution in [1.82, 2.24) is 9.47 Å². The highest BCUT2D eigenvalue weighted by molar-refractivity contribution is 7.09. The molecule has 0 bridgehead atoms. The molecule has 0 amide bonds. The molecule has 3 heterocycles. The van der Waals surface area contributed by atoms with E-state index in [4.69, 9.17) is 9.47 Å². The van der Waals surface area contributed by atoms with Crippen LogP contribution in [0.15, 0.2) is 28.4 Å². The van der Waals surface area contributed by atoms with E-state index in [1.165, 1.54) is 30.9 Å². The average Bonchev–Trinajstić information content (AvgIpc) is 3.41. The van der Waals surface area contributed by atoms with Crippen molar-refractivity contribution in [2.24, 2.45) is 5.92 Å². The maximum absolute atomic E-state index is 12.7. The summed E-state index contributed by atoms with van der Waals surface area (Å²) in [6, 6.07) is 5.50. The molecule has 6 nitrogen and oxygen atoms in total. The smallest absolute Gasteiger partial charge is 0.343 e. The van der Waals surface area contributed by atoms with E-state index in [0.29, 0.717) is 30.9 Å². The lowest BCUT2D eigenvalue weighted by Crippen LogP contribution is -2.30. The molecule has 2 aliphatic rings. The van der Waals surface area contributed by atoms with E-state index in [2.05, 4.69) is 11.0 Å². The van der Waals surface area contributed by atoms with Gasteiger partial charge in [-0.1, -0.05) is 6.07 Å². The fourth-order valence-electron chi connectivity index (χ4n) is 3.79. The summed E-state index contributed by atoms with van der Waals surface area (Å²) in [7, 11) is 1.37. The van der Waals surface area contributed by atoms with Gasteiger partial charge in [0.1, 0.15) is 11.3 Å². The molecule has 0 spiro atoms. The second-order valence-corrected chi connectivity index (χ2v) is 8.52. The van der Waals surface area contributed by atoms with Crippen LogP contribution in [-0.4, -0.2) is 48.8 Å². The number of aromatic nitrogens is 1. The Kier molecular flexibility index (Phi) is 5.82. The van der Waals surface area contributed by atoms with Crippen LogP contribution in [0.5, 0.6) is 5.75 Å². The molecule has 1 saturated carbocycles. The predicted octanol–water partition coefficient (Wildman–Crippen LogP) is 2.59. The fraction of sp³-hybridized carbons (Fsp3) is 0.524. The van der Waals surface area contributed by atoms with Gasteiger partial charge in [-0.3, -0.25) is 4.79 Å². The summed E-state index contributed by atoms with van der Waals surface area (Å²) in [6.45, 7) is 3.78. The van der Waals surface area contributed by atoms with E-state index in [9.17, 15) is 9.59 Å². The van der Waals surface area contributed by atoms with Gasteiger partial charge in [-0.15, -0.1) is 11.3 Å². The van der Waals surface area contributed by atoms with Crippen LogP contribution in [0.1, 0.15) is 33.8 Å². The molecule has 0 aromatic carbocycles. The molecule has 150 valence electrons. The zero-order valence-electron chi connectivity index (χ0n) is 16.2. The number of carbonyl (C=O) groups excluding carboxylic acids is 1. The minimum Gasteiger partial charge on any atom is -0.492 e. The summed E-state index contributed by atoms with van der Waals surface area (Å²) in [4.78, 5) is 28.9. The largest absolute Gasteiger partial charge is 0.492 e. The van der Waals surface area contributed by atoms with Crippen molar-refractivity contribution >= 4 is 17.3 Å². The van der Waals surface area contributed by atoms with E-state index >= 15 is 0 Å². The van der Waals surface area contributed by atoms with Crippen LogP contribution in [-0.2, 0) is 24.1 Å². The first kappa shape index (κ1) is 19.2. The average molecular weight is 403 g/mol. The number of methoxy groups -OCH3 is 1. The molecule has 0 radical (unpaired) electrons. The van der Waals surface area contributed by atoms with E-state index in [1.54, 1.807) is 15.9 Å². The Bertz CT molecular complexity index is 887. The number of ether oxygens (including phenoxy) is 2. The highest BCUT2D eigenvalue weighted by atomic mass is 32.1. The first-order chi connectivity index (χ1) is 13.7. The maximum atomic E-state index is 12.7. The number of rotatable bonds is 7. The molecule has 1 aliphatic heterocycles. The summed E-state index contributed by atoms with van der Waals surface area (Å²) < 4.78 is 12.7. The van der Waals surface area contributed by atoms with Crippen LogP contribution in [0.3, 0.4) is 0 Å². The number of carbonyl (C=O) groups is 1. The van der Waals surface area contributed by atoms with Crippen molar-refractivity contribution in [3.63, 3.8) is 0 Å². The number of esters is 1. The SMILES string of the molecule is COC(=O)c1c(OCCc2cccs2)cc(=O)n2c1CCN(CC1CC1)CC2. The lowest BCUT2D eigenvalue weighted by Gasteiger charge is -2.18. The number of nitrogens with zero attached hydrogens (tertiary/aromatic N) is 2. The van der Waals surface area contributed by atoms with Gasteiger partial charge in [-0.2, -0.15) is 0 Å². The predicted molar refractivity (Wildman–Crippen MR) is 108 cm³/mol. The van der Waals surface area contributed by atoms with Gasteiger partial charge in [0.15, 0.2) is 0 Å². The highest BCUT2D eigenvalue weighted by Gasteiger charge is 2.29. The Morgan fingerprint density at radius 3 is 2.86 bits per heavy atom. The van der Waals surface area contributed by atoms with Crippen molar-refractivity contribution < 1.29 is 14.3 Å². The van der Waals surface area contributed by atoms with Crippen molar-refractivity contribution in [3.05, 3.63) is 50.1 Å². The molecule has 2 aromatic rings. The molecular weight excluding hydrogens is 376 g/mol. The Labute approximate surface area is 168 Å².